The highest BCUT2D eigenvalue weighted by molar-refractivity contribution is 6.30. The van der Waals surface area contributed by atoms with Crippen LogP contribution in [0.1, 0.15) is 5.69 Å². The van der Waals surface area contributed by atoms with Gasteiger partial charge in [-0.25, -0.2) is 9.97 Å². The normalized spacial score (nSPS) is 10.2. The predicted molar refractivity (Wildman–Crippen MR) is 77.2 cm³/mol. The van der Waals surface area contributed by atoms with Crippen LogP contribution in [0.2, 0.25) is 5.02 Å². The van der Waals surface area contributed by atoms with Gasteiger partial charge in [-0.3, -0.25) is 0 Å². The molecule has 3 aromatic rings. The number of hydrogen-bond acceptors (Lipinski definition) is 2. The average molecular weight is 295 g/mol. The van der Waals surface area contributed by atoms with E-state index in [0.717, 1.165) is 16.4 Å². The Balaban J connectivity index is 0.00000133. The summed E-state index contributed by atoms with van der Waals surface area (Å²) in [5.41, 5.74) is 1.99. The van der Waals surface area contributed by atoms with Gasteiger partial charge in [0, 0.05) is 29.3 Å². The van der Waals surface area contributed by atoms with E-state index in [4.69, 9.17) is 11.6 Å². The number of rotatable bonds is 3. The Hall–Kier alpha value is -1.78. The first-order valence-electron chi connectivity index (χ1n) is 5.56. The van der Waals surface area contributed by atoms with Crippen molar-refractivity contribution in [2.75, 3.05) is 0 Å². The quantitative estimate of drug-likeness (QED) is 0.744. The highest BCUT2D eigenvalue weighted by atomic mass is 35.5. The summed E-state index contributed by atoms with van der Waals surface area (Å²) in [4.78, 5) is 8.37. The van der Waals surface area contributed by atoms with Crippen molar-refractivity contribution in [2.45, 2.75) is 6.54 Å². The lowest BCUT2D eigenvalue weighted by molar-refractivity contribution is 0.778. The van der Waals surface area contributed by atoms with Crippen molar-refractivity contribution >= 4 is 24.0 Å². The molecule has 2 heterocycles. The summed E-state index contributed by atoms with van der Waals surface area (Å²) in [5, 5.41) is 0.720. The molecule has 0 aliphatic heterocycles. The lowest BCUT2D eigenvalue weighted by Gasteiger charge is -2.01. The van der Waals surface area contributed by atoms with E-state index in [1.54, 1.807) is 18.9 Å². The van der Waals surface area contributed by atoms with Gasteiger partial charge in [0.1, 0.15) is 0 Å². The third-order valence-corrected chi connectivity index (χ3v) is 2.88. The van der Waals surface area contributed by atoms with Gasteiger partial charge in [0.05, 0.1) is 24.9 Å². The Morgan fingerprint density at radius 3 is 2.84 bits per heavy atom. The predicted octanol–water partition coefficient (Wildman–Crippen LogP) is 3.19. The summed E-state index contributed by atoms with van der Waals surface area (Å²) in [5.74, 6) is 0. The van der Waals surface area contributed by atoms with Crippen LogP contribution in [0.4, 0.5) is 0 Å². The van der Waals surface area contributed by atoms with Gasteiger partial charge in [-0.05, 0) is 18.2 Å². The minimum atomic E-state index is 0. The van der Waals surface area contributed by atoms with Gasteiger partial charge in [0.25, 0.3) is 0 Å². The van der Waals surface area contributed by atoms with Gasteiger partial charge >= 0.3 is 0 Å². The summed E-state index contributed by atoms with van der Waals surface area (Å²) < 4.78 is 3.93. The molecule has 0 N–H and O–H groups in total. The Morgan fingerprint density at radius 1 is 1.21 bits per heavy atom. The van der Waals surface area contributed by atoms with E-state index in [-0.39, 0.29) is 12.4 Å². The first kappa shape index (κ1) is 13.6. The molecule has 4 nitrogen and oxygen atoms in total. The molecule has 0 saturated carbocycles. The Labute approximate surface area is 122 Å². The van der Waals surface area contributed by atoms with E-state index in [9.17, 15) is 0 Å². The number of halogens is 2. The summed E-state index contributed by atoms with van der Waals surface area (Å²) in [6.07, 6.45) is 9.23. The van der Waals surface area contributed by atoms with Crippen LogP contribution in [0.25, 0.3) is 5.69 Å². The largest absolute Gasteiger partial charge is 0.331 e. The van der Waals surface area contributed by atoms with Crippen molar-refractivity contribution in [1.29, 1.82) is 0 Å². The zero-order valence-corrected chi connectivity index (χ0v) is 11.6. The fourth-order valence-corrected chi connectivity index (χ4v) is 1.98. The van der Waals surface area contributed by atoms with E-state index in [2.05, 4.69) is 9.97 Å². The van der Waals surface area contributed by atoms with Crippen molar-refractivity contribution in [3.05, 3.63) is 66.2 Å². The zero-order valence-electron chi connectivity index (χ0n) is 9.98. The maximum absolute atomic E-state index is 5.97. The van der Waals surface area contributed by atoms with Crippen LogP contribution in [0.3, 0.4) is 0 Å². The minimum absolute atomic E-state index is 0. The number of aromatic nitrogens is 4. The molecule has 0 saturated heterocycles. The van der Waals surface area contributed by atoms with E-state index >= 15 is 0 Å². The van der Waals surface area contributed by atoms with Gasteiger partial charge in [0.15, 0.2) is 0 Å². The fourth-order valence-electron chi connectivity index (χ4n) is 1.79. The Bertz CT molecular complexity index is 646. The first-order valence-corrected chi connectivity index (χ1v) is 5.93. The number of imidazole rings is 2. The molecule has 0 aliphatic carbocycles. The number of nitrogens with zero attached hydrogens (tertiary/aromatic N) is 4. The second kappa shape index (κ2) is 5.91. The lowest BCUT2D eigenvalue weighted by atomic mass is 10.3. The van der Waals surface area contributed by atoms with Crippen molar-refractivity contribution in [1.82, 2.24) is 19.1 Å². The Kier molecular flexibility index (Phi) is 4.24. The maximum Gasteiger partial charge on any atom is 0.0996 e. The highest BCUT2D eigenvalue weighted by Gasteiger charge is 2.02. The molecule has 19 heavy (non-hydrogen) atoms. The van der Waals surface area contributed by atoms with Crippen molar-refractivity contribution in [2.24, 2.45) is 0 Å². The summed E-state index contributed by atoms with van der Waals surface area (Å²) >= 11 is 5.97. The second-order valence-electron chi connectivity index (χ2n) is 3.99. The van der Waals surface area contributed by atoms with E-state index in [0.29, 0.717) is 6.54 Å². The molecule has 0 amide bonds. The lowest BCUT2D eigenvalue weighted by Crippen LogP contribution is -1.96. The molecule has 0 aliphatic rings. The average Bonchev–Trinajstić information content (AvgIpc) is 3.01. The molecule has 1 aromatic carbocycles. The van der Waals surface area contributed by atoms with E-state index in [1.807, 2.05) is 45.8 Å². The molecule has 98 valence electrons. The maximum atomic E-state index is 5.97. The van der Waals surface area contributed by atoms with Crippen LogP contribution in [0, 0.1) is 0 Å². The molecule has 2 aromatic heterocycles. The fraction of sp³-hybridized carbons (Fsp3) is 0.0769. The molecule has 0 unspecified atom stereocenters. The number of benzene rings is 1. The van der Waals surface area contributed by atoms with Gasteiger partial charge in [-0.2, -0.15) is 0 Å². The van der Waals surface area contributed by atoms with Crippen molar-refractivity contribution < 1.29 is 0 Å². The van der Waals surface area contributed by atoms with Crippen LogP contribution in [0.5, 0.6) is 0 Å². The van der Waals surface area contributed by atoms with Gasteiger partial charge in [-0.15, -0.1) is 12.4 Å². The first-order chi connectivity index (χ1) is 8.81. The molecule has 0 fully saturated rings. The Morgan fingerprint density at radius 2 is 2.11 bits per heavy atom. The van der Waals surface area contributed by atoms with E-state index < -0.39 is 0 Å². The molecular weight excluding hydrogens is 283 g/mol. The SMILES string of the molecule is Cl.Clc1cccc(-n2cnc(Cn3ccnc3)c2)c1. The third kappa shape index (κ3) is 3.16. The summed E-state index contributed by atoms with van der Waals surface area (Å²) in [6, 6.07) is 7.68. The van der Waals surface area contributed by atoms with Crippen molar-refractivity contribution in [3.63, 3.8) is 0 Å². The molecule has 3 rings (SSSR count). The summed E-state index contributed by atoms with van der Waals surface area (Å²) in [6.45, 7) is 0.716. The van der Waals surface area contributed by atoms with Crippen LogP contribution in [0.15, 0.2) is 55.5 Å². The van der Waals surface area contributed by atoms with Gasteiger partial charge in [0.2, 0.25) is 0 Å². The monoisotopic (exact) mass is 294 g/mol. The van der Waals surface area contributed by atoms with Crippen LogP contribution in [-0.2, 0) is 6.54 Å². The van der Waals surface area contributed by atoms with Gasteiger partial charge in [-0.1, -0.05) is 17.7 Å². The minimum Gasteiger partial charge on any atom is -0.331 e. The molecule has 0 spiro atoms. The molecule has 0 radical (unpaired) electrons. The molecule has 0 atom stereocenters. The van der Waals surface area contributed by atoms with Crippen LogP contribution >= 0.6 is 24.0 Å². The molecule has 6 heteroatoms. The highest BCUT2D eigenvalue weighted by Crippen LogP contribution is 2.15. The molecule has 0 bridgehead atoms. The number of hydrogen-bond donors (Lipinski definition) is 0. The smallest absolute Gasteiger partial charge is 0.0996 e. The van der Waals surface area contributed by atoms with Crippen LogP contribution in [-0.4, -0.2) is 19.1 Å². The molecular formula is C13H12Cl2N4. The topological polar surface area (TPSA) is 35.6 Å². The third-order valence-electron chi connectivity index (χ3n) is 2.65. The van der Waals surface area contributed by atoms with Gasteiger partial charge < -0.3 is 9.13 Å². The zero-order chi connectivity index (χ0) is 12.4. The van der Waals surface area contributed by atoms with Crippen LogP contribution < -0.4 is 0 Å². The van der Waals surface area contributed by atoms with E-state index in [1.165, 1.54) is 0 Å². The summed E-state index contributed by atoms with van der Waals surface area (Å²) in [7, 11) is 0. The second-order valence-corrected chi connectivity index (χ2v) is 4.42. The standard InChI is InChI=1S/C13H11ClN4.ClH/c14-11-2-1-3-13(6-11)18-8-12(16-10-18)7-17-5-4-15-9-17;/h1-6,8-10H,7H2;1H. The van der Waals surface area contributed by atoms with Crippen molar-refractivity contribution in [3.8, 4) is 5.69 Å².